The molecule has 1 unspecified atom stereocenters. The van der Waals surface area contributed by atoms with Gasteiger partial charge in [0.2, 0.25) is 0 Å². The molecule has 1 atom stereocenters. The molecule has 0 aliphatic rings. The van der Waals surface area contributed by atoms with Crippen LogP contribution in [0.1, 0.15) is 28.5 Å². The fourth-order valence-electron chi connectivity index (χ4n) is 1.75. The highest BCUT2D eigenvalue weighted by atomic mass is 35.5. The third kappa shape index (κ3) is 3.52. The largest absolute Gasteiger partial charge is 0.309 e. The first kappa shape index (κ1) is 13.0. The van der Waals surface area contributed by atoms with Gasteiger partial charge in [0, 0.05) is 22.7 Å². The maximum absolute atomic E-state index is 5.99. The molecule has 2 rings (SSSR count). The summed E-state index contributed by atoms with van der Waals surface area (Å²) in [6.07, 6.45) is 0.926. The summed E-state index contributed by atoms with van der Waals surface area (Å²) in [6.45, 7) is 5.11. The van der Waals surface area contributed by atoms with E-state index in [4.69, 9.17) is 11.6 Å². The molecule has 0 saturated carbocycles. The molecule has 17 heavy (non-hydrogen) atoms. The fraction of sp³-hybridized carbons (Fsp3) is 0.417. The van der Waals surface area contributed by atoms with E-state index in [9.17, 15) is 0 Å². The Balaban J connectivity index is 2.12. The standard InChI is InChI=1S/C12H15ClN2S2/c1-3-14-10(11-4-5-12(13)17-11)6-9-7-16-8(2)15-9/h4-5,7,10,14H,3,6H2,1-2H3. The van der Waals surface area contributed by atoms with Crippen LogP contribution in [-0.2, 0) is 6.42 Å². The van der Waals surface area contributed by atoms with Crippen molar-refractivity contribution in [2.75, 3.05) is 6.54 Å². The molecule has 0 radical (unpaired) electrons. The van der Waals surface area contributed by atoms with Crippen molar-refractivity contribution in [3.8, 4) is 0 Å². The van der Waals surface area contributed by atoms with Gasteiger partial charge in [0.15, 0.2) is 0 Å². The van der Waals surface area contributed by atoms with Gasteiger partial charge in [-0.25, -0.2) is 4.98 Å². The molecule has 0 amide bonds. The Kier molecular flexibility index (Phi) is 4.56. The molecule has 92 valence electrons. The van der Waals surface area contributed by atoms with Gasteiger partial charge in [-0.1, -0.05) is 18.5 Å². The van der Waals surface area contributed by atoms with Crippen LogP contribution in [0.4, 0.5) is 0 Å². The van der Waals surface area contributed by atoms with E-state index in [0.717, 1.165) is 28.0 Å². The number of nitrogens with zero attached hydrogens (tertiary/aromatic N) is 1. The molecule has 2 aromatic rings. The second-order valence-corrected chi connectivity index (χ2v) is 6.62. The first-order chi connectivity index (χ1) is 8.19. The predicted octanol–water partition coefficient (Wildman–Crippen LogP) is 4.06. The topological polar surface area (TPSA) is 24.9 Å². The van der Waals surface area contributed by atoms with Crippen LogP contribution in [0.25, 0.3) is 0 Å². The van der Waals surface area contributed by atoms with Crippen LogP contribution in [0.15, 0.2) is 17.5 Å². The van der Waals surface area contributed by atoms with E-state index in [1.807, 2.05) is 13.0 Å². The van der Waals surface area contributed by atoms with E-state index in [1.54, 1.807) is 22.7 Å². The molecule has 1 N–H and O–H groups in total. The summed E-state index contributed by atoms with van der Waals surface area (Å²) in [5.74, 6) is 0. The molecule has 0 saturated heterocycles. The SMILES string of the molecule is CCNC(Cc1csc(C)n1)c1ccc(Cl)s1. The number of hydrogen-bond donors (Lipinski definition) is 1. The van der Waals surface area contributed by atoms with Crippen molar-refractivity contribution in [3.63, 3.8) is 0 Å². The molecule has 5 heteroatoms. The van der Waals surface area contributed by atoms with Crippen molar-refractivity contribution in [3.05, 3.63) is 37.4 Å². The average Bonchev–Trinajstić information content (AvgIpc) is 2.87. The zero-order valence-corrected chi connectivity index (χ0v) is 12.3. The van der Waals surface area contributed by atoms with Gasteiger partial charge in [0.1, 0.15) is 0 Å². The highest BCUT2D eigenvalue weighted by Gasteiger charge is 2.14. The second-order valence-electron chi connectivity index (χ2n) is 3.81. The number of aryl methyl sites for hydroxylation is 1. The fourth-order valence-corrected chi connectivity index (χ4v) is 3.51. The summed E-state index contributed by atoms with van der Waals surface area (Å²) in [4.78, 5) is 5.80. The summed E-state index contributed by atoms with van der Waals surface area (Å²) < 4.78 is 0.845. The zero-order chi connectivity index (χ0) is 12.3. The number of halogens is 1. The molecule has 2 nitrogen and oxygen atoms in total. The number of hydrogen-bond acceptors (Lipinski definition) is 4. The van der Waals surface area contributed by atoms with Crippen molar-refractivity contribution in [1.82, 2.24) is 10.3 Å². The van der Waals surface area contributed by atoms with Crippen LogP contribution < -0.4 is 5.32 Å². The van der Waals surface area contributed by atoms with Gasteiger partial charge < -0.3 is 5.32 Å². The van der Waals surface area contributed by atoms with E-state index >= 15 is 0 Å². The normalized spacial score (nSPS) is 12.9. The van der Waals surface area contributed by atoms with Crippen molar-refractivity contribution in [1.29, 1.82) is 0 Å². The number of thiazole rings is 1. The molecule has 2 heterocycles. The van der Waals surface area contributed by atoms with Gasteiger partial charge >= 0.3 is 0 Å². The lowest BCUT2D eigenvalue weighted by atomic mass is 10.1. The zero-order valence-electron chi connectivity index (χ0n) is 9.87. The number of likely N-dealkylation sites (N-methyl/N-ethyl adjacent to an activating group) is 1. The Bertz CT molecular complexity index is 478. The van der Waals surface area contributed by atoms with Crippen molar-refractivity contribution in [2.24, 2.45) is 0 Å². The molecule has 0 bridgehead atoms. The maximum atomic E-state index is 5.99. The number of thiophene rings is 1. The Hall–Kier alpha value is -0.420. The summed E-state index contributed by atoms with van der Waals surface area (Å²) in [5, 5.41) is 6.74. The van der Waals surface area contributed by atoms with Gasteiger partial charge in [-0.05, 0) is 25.6 Å². The van der Waals surface area contributed by atoms with E-state index in [-0.39, 0.29) is 0 Å². The van der Waals surface area contributed by atoms with Gasteiger partial charge in [-0.2, -0.15) is 0 Å². The van der Waals surface area contributed by atoms with E-state index in [1.165, 1.54) is 4.88 Å². The van der Waals surface area contributed by atoms with Gasteiger partial charge in [-0.15, -0.1) is 22.7 Å². The van der Waals surface area contributed by atoms with Gasteiger partial charge in [0.05, 0.1) is 15.0 Å². The lowest BCUT2D eigenvalue weighted by Gasteiger charge is -2.14. The smallest absolute Gasteiger partial charge is 0.0931 e. The van der Waals surface area contributed by atoms with Crippen molar-refractivity contribution in [2.45, 2.75) is 26.3 Å². The molecule has 0 aliphatic carbocycles. The molecular formula is C12H15ClN2S2. The van der Waals surface area contributed by atoms with E-state index in [2.05, 4.69) is 28.7 Å². The quantitative estimate of drug-likeness (QED) is 0.896. The Morgan fingerprint density at radius 3 is 2.82 bits per heavy atom. The van der Waals surface area contributed by atoms with E-state index in [0.29, 0.717) is 6.04 Å². The molecular weight excluding hydrogens is 272 g/mol. The molecule has 0 aliphatic heterocycles. The molecule has 0 fully saturated rings. The van der Waals surface area contributed by atoms with Crippen LogP contribution in [0.5, 0.6) is 0 Å². The monoisotopic (exact) mass is 286 g/mol. The van der Waals surface area contributed by atoms with Gasteiger partial charge in [0.25, 0.3) is 0 Å². The summed E-state index contributed by atoms with van der Waals surface area (Å²) in [5.41, 5.74) is 1.16. The van der Waals surface area contributed by atoms with Crippen LogP contribution in [0.3, 0.4) is 0 Å². The number of aromatic nitrogens is 1. The van der Waals surface area contributed by atoms with E-state index < -0.39 is 0 Å². The summed E-state index contributed by atoms with van der Waals surface area (Å²) >= 11 is 9.33. The summed E-state index contributed by atoms with van der Waals surface area (Å²) in [6, 6.07) is 4.37. The Morgan fingerprint density at radius 2 is 2.29 bits per heavy atom. The second kappa shape index (κ2) is 5.96. The minimum Gasteiger partial charge on any atom is -0.309 e. The first-order valence-corrected chi connectivity index (χ1v) is 7.66. The Morgan fingerprint density at radius 1 is 1.47 bits per heavy atom. The van der Waals surface area contributed by atoms with Crippen LogP contribution in [0, 0.1) is 6.92 Å². The summed E-state index contributed by atoms with van der Waals surface area (Å²) in [7, 11) is 0. The van der Waals surface area contributed by atoms with Crippen LogP contribution in [-0.4, -0.2) is 11.5 Å². The van der Waals surface area contributed by atoms with Crippen LogP contribution in [0.2, 0.25) is 4.34 Å². The minimum atomic E-state index is 0.319. The van der Waals surface area contributed by atoms with Gasteiger partial charge in [-0.3, -0.25) is 0 Å². The molecule has 0 aromatic carbocycles. The third-order valence-corrected chi connectivity index (χ3v) is 4.63. The Labute approximate surface area is 115 Å². The molecule has 0 spiro atoms. The lowest BCUT2D eigenvalue weighted by Crippen LogP contribution is -2.22. The minimum absolute atomic E-state index is 0.319. The third-order valence-electron chi connectivity index (χ3n) is 2.47. The van der Waals surface area contributed by atoms with Crippen molar-refractivity contribution >= 4 is 34.3 Å². The highest BCUT2D eigenvalue weighted by Crippen LogP contribution is 2.29. The lowest BCUT2D eigenvalue weighted by molar-refractivity contribution is 0.553. The first-order valence-electron chi connectivity index (χ1n) is 5.58. The maximum Gasteiger partial charge on any atom is 0.0931 e. The van der Waals surface area contributed by atoms with Crippen molar-refractivity contribution < 1.29 is 0 Å². The number of nitrogens with one attached hydrogen (secondary N) is 1. The predicted molar refractivity (Wildman–Crippen MR) is 76.3 cm³/mol. The van der Waals surface area contributed by atoms with Crippen LogP contribution >= 0.6 is 34.3 Å². The average molecular weight is 287 g/mol. The highest BCUT2D eigenvalue weighted by molar-refractivity contribution is 7.16. The molecule has 2 aromatic heterocycles. The number of rotatable bonds is 5.